The molecule has 41 heavy (non-hydrogen) atoms. The number of fused-ring (bicyclic) bond motifs is 6. The summed E-state index contributed by atoms with van der Waals surface area (Å²) in [5.41, 5.74) is 5.85. The molecule has 0 aliphatic carbocycles. The summed E-state index contributed by atoms with van der Waals surface area (Å²) in [7, 11) is 0. The number of hydrogen-bond donors (Lipinski definition) is 0. The fourth-order valence-corrected chi connectivity index (χ4v) is 6.22. The predicted octanol–water partition coefficient (Wildman–Crippen LogP) is 11.4. The fraction of sp³-hybridized carbons (Fsp3) is 0. The molecule has 0 saturated heterocycles. The van der Waals surface area contributed by atoms with E-state index in [1.54, 1.807) is 0 Å². The molecule has 0 radical (unpaired) electrons. The summed E-state index contributed by atoms with van der Waals surface area (Å²) in [6, 6.07) is 59.4. The van der Waals surface area contributed by atoms with Gasteiger partial charge in [-0.15, -0.1) is 0 Å². The zero-order valence-electron chi connectivity index (χ0n) is 22.5. The van der Waals surface area contributed by atoms with Gasteiger partial charge in [-0.1, -0.05) is 133 Å². The van der Waals surface area contributed by atoms with Gasteiger partial charge < -0.3 is 4.90 Å². The van der Waals surface area contributed by atoms with E-state index in [9.17, 15) is 0 Å². The molecule has 0 aliphatic heterocycles. The van der Waals surface area contributed by atoms with Gasteiger partial charge >= 0.3 is 0 Å². The lowest BCUT2D eigenvalue weighted by Crippen LogP contribution is -2.11. The lowest BCUT2D eigenvalue weighted by atomic mass is 9.95. The lowest BCUT2D eigenvalue weighted by molar-refractivity contribution is 1.31. The molecule has 0 fully saturated rings. The molecule has 0 N–H and O–H groups in total. The van der Waals surface area contributed by atoms with Gasteiger partial charge in [0.15, 0.2) is 0 Å². The SMILES string of the molecule is c1ccc(-c2cccc(N(c3ccc4ccccc4c3)c3cc4c5ccccc5ccc4c4ccccc34)c2)cc1. The maximum atomic E-state index is 2.43. The lowest BCUT2D eigenvalue weighted by Gasteiger charge is -2.28. The average molecular weight is 522 g/mol. The second-order valence-electron chi connectivity index (χ2n) is 10.6. The van der Waals surface area contributed by atoms with Gasteiger partial charge in [0.1, 0.15) is 0 Å². The first-order valence-corrected chi connectivity index (χ1v) is 14.1. The minimum Gasteiger partial charge on any atom is -0.310 e. The average Bonchev–Trinajstić information content (AvgIpc) is 3.05. The van der Waals surface area contributed by atoms with Crippen molar-refractivity contribution in [3.63, 3.8) is 0 Å². The zero-order valence-corrected chi connectivity index (χ0v) is 22.5. The second-order valence-corrected chi connectivity index (χ2v) is 10.6. The van der Waals surface area contributed by atoms with Crippen molar-refractivity contribution in [1.29, 1.82) is 0 Å². The van der Waals surface area contributed by atoms with Crippen LogP contribution in [0.5, 0.6) is 0 Å². The van der Waals surface area contributed by atoms with Gasteiger partial charge in [0.05, 0.1) is 5.69 Å². The molecule has 8 rings (SSSR count). The molecule has 0 bridgehead atoms. The Morgan fingerprint density at radius 3 is 1.76 bits per heavy atom. The van der Waals surface area contributed by atoms with Crippen LogP contribution >= 0.6 is 0 Å². The largest absolute Gasteiger partial charge is 0.310 e. The Labute approximate surface area is 239 Å². The van der Waals surface area contributed by atoms with Gasteiger partial charge in [-0.05, 0) is 79.2 Å². The summed E-state index contributed by atoms with van der Waals surface area (Å²) in [5.74, 6) is 0. The van der Waals surface area contributed by atoms with Crippen molar-refractivity contribution >= 4 is 60.2 Å². The van der Waals surface area contributed by atoms with Gasteiger partial charge in [0, 0.05) is 16.8 Å². The molecule has 0 saturated carbocycles. The third-order valence-corrected chi connectivity index (χ3v) is 8.19. The van der Waals surface area contributed by atoms with E-state index in [1.165, 1.54) is 59.9 Å². The topological polar surface area (TPSA) is 3.24 Å². The third kappa shape index (κ3) is 4.02. The number of anilines is 3. The summed E-state index contributed by atoms with van der Waals surface area (Å²) < 4.78 is 0. The van der Waals surface area contributed by atoms with Crippen molar-refractivity contribution in [2.75, 3.05) is 4.90 Å². The van der Waals surface area contributed by atoms with Crippen LogP contribution in [0.3, 0.4) is 0 Å². The van der Waals surface area contributed by atoms with Crippen molar-refractivity contribution in [2.45, 2.75) is 0 Å². The molecule has 0 heterocycles. The van der Waals surface area contributed by atoms with Gasteiger partial charge in [-0.3, -0.25) is 0 Å². The standard InChI is InChI=1S/C40H27N/c1-2-11-28(12-3-1)32-16-10-17-33(25-32)41(34-23-21-29-13-4-5-15-31(29)26-34)40-27-39-35-18-7-6-14-30(35)22-24-37(39)36-19-8-9-20-38(36)40/h1-27H. The molecule has 192 valence electrons. The summed E-state index contributed by atoms with van der Waals surface area (Å²) in [5, 5.41) is 10.0. The van der Waals surface area contributed by atoms with E-state index in [1.807, 2.05) is 0 Å². The van der Waals surface area contributed by atoms with Crippen LogP contribution in [0.25, 0.3) is 54.2 Å². The van der Waals surface area contributed by atoms with Crippen LogP contribution in [0.15, 0.2) is 164 Å². The highest BCUT2D eigenvalue weighted by Crippen LogP contribution is 2.44. The maximum Gasteiger partial charge on any atom is 0.0546 e. The Bertz CT molecular complexity index is 2210. The zero-order chi connectivity index (χ0) is 27.2. The van der Waals surface area contributed by atoms with Crippen LogP contribution in [-0.4, -0.2) is 0 Å². The van der Waals surface area contributed by atoms with E-state index in [0.717, 1.165) is 11.4 Å². The normalized spacial score (nSPS) is 11.4. The number of benzene rings is 8. The first-order valence-electron chi connectivity index (χ1n) is 14.1. The van der Waals surface area contributed by atoms with E-state index in [0.29, 0.717) is 0 Å². The summed E-state index contributed by atoms with van der Waals surface area (Å²) >= 11 is 0. The predicted molar refractivity (Wildman–Crippen MR) is 177 cm³/mol. The van der Waals surface area contributed by atoms with Crippen LogP contribution in [0.1, 0.15) is 0 Å². The van der Waals surface area contributed by atoms with E-state index in [2.05, 4.69) is 169 Å². The molecule has 0 amide bonds. The number of hydrogen-bond acceptors (Lipinski definition) is 1. The number of nitrogens with zero attached hydrogens (tertiary/aromatic N) is 1. The van der Waals surface area contributed by atoms with Crippen molar-refractivity contribution in [3.05, 3.63) is 164 Å². The highest BCUT2D eigenvalue weighted by atomic mass is 15.1. The van der Waals surface area contributed by atoms with E-state index < -0.39 is 0 Å². The minimum absolute atomic E-state index is 1.13. The molecular formula is C40H27N. The van der Waals surface area contributed by atoms with E-state index in [4.69, 9.17) is 0 Å². The first-order chi connectivity index (χ1) is 20.3. The Morgan fingerprint density at radius 1 is 0.293 bits per heavy atom. The quantitative estimate of drug-likeness (QED) is 0.208. The Hall–Kier alpha value is -5.40. The van der Waals surface area contributed by atoms with Gasteiger partial charge in [-0.25, -0.2) is 0 Å². The monoisotopic (exact) mass is 521 g/mol. The fourth-order valence-electron chi connectivity index (χ4n) is 6.22. The molecule has 0 atom stereocenters. The van der Waals surface area contributed by atoms with Crippen molar-refractivity contribution in [2.24, 2.45) is 0 Å². The minimum atomic E-state index is 1.13. The smallest absolute Gasteiger partial charge is 0.0546 e. The van der Waals surface area contributed by atoms with Crippen molar-refractivity contribution in [3.8, 4) is 11.1 Å². The second kappa shape index (κ2) is 9.66. The van der Waals surface area contributed by atoms with E-state index >= 15 is 0 Å². The van der Waals surface area contributed by atoms with E-state index in [-0.39, 0.29) is 0 Å². The summed E-state index contributed by atoms with van der Waals surface area (Å²) in [6.45, 7) is 0. The van der Waals surface area contributed by atoms with Crippen molar-refractivity contribution in [1.82, 2.24) is 0 Å². The molecule has 1 nitrogen and oxygen atoms in total. The van der Waals surface area contributed by atoms with Crippen LogP contribution in [-0.2, 0) is 0 Å². The van der Waals surface area contributed by atoms with Crippen molar-refractivity contribution < 1.29 is 0 Å². The van der Waals surface area contributed by atoms with Crippen LogP contribution in [0.2, 0.25) is 0 Å². The molecule has 0 aromatic heterocycles. The Kier molecular flexibility index (Phi) is 5.53. The molecule has 0 spiro atoms. The Morgan fingerprint density at radius 2 is 0.902 bits per heavy atom. The third-order valence-electron chi connectivity index (χ3n) is 8.19. The Balaban J connectivity index is 1.46. The molecule has 0 unspecified atom stereocenters. The number of rotatable bonds is 4. The first kappa shape index (κ1) is 23.5. The van der Waals surface area contributed by atoms with Gasteiger partial charge in [-0.2, -0.15) is 0 Å². The molecular weight excluding hydrogens is 494 g/mol. The summed E-state index contributed by atoms with van der Waals surface area (Å²) in [4.78, 5) is 2.43. The highest BCUT2D eigenvalue weighted by Gasteiger charge is 2.19. The highest BCUT2D eigenvalue weighted by molar-refractivity contribution is 6.21. The molecule has 8 aromatic carbocycles. The van der Waals surface area contributed by atoms with Gasteiger partial charge in [0.2, 0.25) is 0 Å². The molecule has 1 heteroatoms. The van der Waals surface area contributed by atoms with Gasteiger partial charge in [0.25, 0.3) is 0 Å². The maximum absolute atomic E-state index is 2.43. The van der Waals surface area contributed by atoms with Crippen LogP contribution < -0.4 is 4.90 Å². The molecule has 8 aromatic rings. The van der Waals surface area contributed by atoms with Crippen LogP contribution in [0, 0.1) is 0 Å². The molecule has 0 aliphatic rings. The van der Waals surface area contributed by atoms with Crippen LogP contribution in [0.4, 0.5) is 17.1 Å². The summed E-state index contributed by atoms with van der Waals surface area (Å²) in [6.07, 6.45) is 0.